The fourth-order valence-corrected chi connectivity index (χ4v) is 4.24. The molecule has 1 saturated heterocycles. The second-order valence-electron chi connectivity index (χ2n) is 8.12. The number of piperazine rings is 1. The molecular weight excluding hydrogens is 388 g/mol. The second-order valence-corrected chi connectivity index (χ2v) is 8.12. The molecule has 3 aromatic rings. The fourth-order valence-electron chi connectivity index (χ4n) is 4.24. The van der Waals surface area contributed by atoms with Crippen molar-refractivity contribution in [3.63, 3.8) is 0 Å². The van der Waals surface area contributed by atoms with Gasteiger partial charge in [-0.2, -0.15) is 0 Å². The first-order valence-electron chi connectivity index (χ1n) is 11.0. The quantitative estimate of drug-likeness (QED) is 0.524. The van der Waals surface area contributed by atoms with Crippen LogP contribution in [-0.2, 0) is 4.74 Å². The highest BCUT2D eigenvalue weighted by atomic mass is 16.5. The fraction of sp³-hybridized carbons (Fsp3) is 0.308. The van der Waals surface area contributed by atoms with Gasteiger partial charge in [-0.3, -0.25) is 0 Å². The van der Waals surface area contributed by atoms with Gasteiger partial charge in [-0.25, -0.2) is 0 Å². The van der Waals surface area contributed by atoms with Crippen molar-refractivity contribution in [2.24, 2.45) is 0 Å². The predicted octanol–water partition coefficient (Wildman–Crippen LogP) is 2.26. The number of hydrogen-bond donors (Lipinski definition) is 3. The third-order valence-corrected chi connectivity index (χ3v) is 5.88. The van der Waals surface area contributed by atoms with Crippen molar-refractivity contribution in [1.29, 1.82) is 0 Å². The molecule has 0 saturated carbocycles. The van der Waals surface area contributed by atoms with Gasteiger partial charge in [0.05, 0.1) is 38.5 Å². The molecule has 1 atom stereocenters. The zero-order chi connectivity index (χ0) is 21.5. The summed E-state index contributed by atoms with van der Waals surface area (Å²) in [7, 11) is 0. The van der Waals surface area contributed by atoms with Crippen LogP contribution in [0.25, 0.3) is 0 Å². The van der Waals surface area contributed by atoms with Gasteiger partial charge in [0.1, 0.15) is 24.5 Å². The van der Waals surface area contributed by atoms with Gasteiger partial charge < -0.3 is 24.7 Å². The molecule has 1 aliphatic rings. The van der Waals surface area contributed by atoms with Gasteiger partial charge in [0, 0.05) is 0 Å². The summed E-state index contributed by atoms with van der Waals surface area (Å²) in [5.74, 6) is 0.326. The number of ether oxygens (including phenoxy) is 1. The van der Waals surface area contributed by atoms with Gasteiger partial charge >= 0.3 is 0 Å². The van der Waals surface area contributed by atoms with E-state index in [1.165, 1.54) is 4.90 Å². The van der Waals surface area contributed by atoms with Crippen LogP contribution in [0.4, 0.5) is 5.69 Å². The first kappa shape index (κ1) is 21.4. The van der Waals surface area contributed by atoms with Crippen LogP contribution in [-0.4, -0.2) is 55.6 Å². The summed E-state index contributed by atoms with van der Waals surface area (Å²) >= 11 is 0. The Morgan fingerprint density at radius 2 is 1.35 bits per heavy atom. The first-order valence-corrected chi connectivity index (χ1v) is 11.0. The summed E-state index contributed by atoms with van der Waals surface area (Å²) in [6, 6.07) is 27.8. The van der Waals surface area contributed by atoms with Gasteiger partial charge in [0.2, 0.25) is 0 Å². The molecular formula is C26H31N2O3+. The van der Waals surface area contributed by atoms with E-state index in [0.29, 0.717) is 18.9 Å². The Bertz CT molecular complexity index is 888. The van der Waals surface area contributed by atoms with E-state index in [0.717, 1.165) is 43.0 Å². The molecule has 3 N–H and O–H groups in total. The van der Waals surface area contributed by atoms with E-state index in [4.69, 9.17) is 4.74 Å². The van der Waals surface area contributed by atoms with Gasteiger partial charge in [0.25, 0.3) is 0 Å². The van der Waals surface area contributed by atoms with Crippen molar-refractivity contribution in [3.8, 4) is 5.75 Å². The molecule has 1 fully saturated rings. The highest BCUT2D eigenvalue weighted by Crippen LogP contribution is 2.27. The Kier molecular flexibility index (Phi) is 7.20. The Balaban J connectivity index is 1.30. The van der Waals surface area contributed by atoms with Crippen LogP contribution in [0.15, 0.2) is 84.9 Å². The van der Waals surface area contributed by atoms with Crippen molar-refractivity contribution < 1.29 is 19.8 Å². The van der Waals surface area contributed by atoms with Crippen LogP contribution >= 0.6 is 0 Å². The zero-order valence-electron chi connectivity index (χ0n) is 17.7. The van der Waals surface area contributed by atoms with Crippen LogP contribution in [0.1, 0.15) is 17.2 Å². The first-order chi connectivity index (χ1) is 15.2. The average Bonchev–Trinajstić information content (AvgIpc) is 2.82. The van der Waals surface area contributed by atoms with Crippen LogP contribution in [0.5, 0.6) is 5.75 Å². The number of nitrogens with one attached hydrogen (secondary N) is 1. The summed E-state index contributed by atoms with van der Waals surface area (Å²) in [5.41, 5.74) is 3.06. The van der Waals surface area contributed by atoms with Crippen molar-refractivity contribution in [2.75, 3.05) is 44.2 Å². The molecule has 4 rings (SSSR count). The number of aromatic hydroxyl groups is 1. The number of quaternary nitrogens is 1. The van der Waals surface area contributed by atoms with Crippen molar-refractivity contribution in [1.82, 2.24) is 0 Å². The number of aliphatic hydroxyl groups is 1. The third kappa shape index (κ3) is 5.64. The second kappa shape index (κ2) is 10.4. The summed E-state index contributed by atoms with van der Waals surface area (Å²) in [4.78, 5) is 3.57. The summed E-state index contributed by atoms with van der Waals surface area (Å²) < 4.78 is 6.22. The lowest BCUT2D eigenvalue weighted by molar-refractivity contribution is -0.903. The maximum atomic E-state index is 10.7. The topological polar surface area (TPSA) is 57.4 Å². The SMILES string of the molecule is Oc1ccccc1N1CC[NH+](C[C@H](O)COC(c2ccccc2)c2ccccc2)CC1. The lowest BCUT2D eigenvalue weighted by Crippen LogP contribution is -3.16. The van der Waals surface area contributed by atoms with Gasteiger partial charge in [0.15, 0.2) is 0 Å². The van der Waals surface area contributed by atoms with Gasteiger partial charge in [-0.1, -0.05) is 72.8 Å². The van der Waals surface area contributed by atoms with E-state index in [-0.39, 0.29) is 6.10 Å². The summed E-state index contributed by atoms with van der Waals surface area (Å²) in [6.45, 7) is 4.51. The van der Waals surface area contributed by atoms with Crippen LogP contribution in [0, 0.1) is 0 Å². The number of hydrogen-bond acceptors (Lipinski definition) is 4. The van der Waals surface area contributed by atoms with E-state index < -0.39 is 6.10 Å². The predicted molar refractivity (Wildman–Crippen MR) is 123 cm³/mol. The molecule has 5 heteroatoms. The number of rotatable bonds is 8. The van der Waals surface area contributed by atoms with Crippen LogP contribution in [0.2, 0.25) is 0 Å². The molecule has 0 spiro atoms. The molecule has 0 aliphatic carbocycles. The van der Waals surface area contributed by atoms with E-state index in [1.807, 2.05) is 54.6 Å². The minimum atomic E-state index is -0.526. The number of para-hydroxylation sites is 2. The van der Waals surface area contributed by atoms with Crippen LogP contribution in [0.3, 0.4) is 0 Å². The summed E-state index contributed by atoms with van der Waals surface area (Å²) in [6.07, 6.45) is -0.716. The van der Waals surface area contributed by atoms with Crippen LogP contribution < -0.4 is 9.80 Å². The smallest absolute Gasteiger partial charge is 0.138 e. The maximum Gasteiger partial charge on any atom is 0.138 e. The van der Waals surface area contributed by atoms with Crippen molar-refractivity contribution >= 4 is 5.69 Å². The lowest BCUT2D eigenvalue weighted by atomic mass is 10.0. The number of aliphatic hydroxyl groups excluding tert-OH is 1. The molecule has 1 heterocycles. The molecule has 162 valence electrons. The molecule has 1 aliphatic heterocycles. The summed E-state index contributed by atoms with van der Waals surface area (Å²) in [5, 5.41) is 20.8. The lowest BCUT2D eigenvalue weighted by Gasteiger charge is -2.34. The zero-order valence-corrected chi connectivity index (χ0v) is 17.7. The third-order valence-electron chi connectivity index (χ3n) is 5.88. The Morgan fingerprint density at radius 1 is 0.806 bits per heavy atom. The highest BCUT2D eigenvalue weighted by molar-refractivity contribution is 5.57. The number of benzene rings is 3. The monoisotopic (exact) mass is 419 g/mol. The minimum absolute atomic E-state index is 0.190. The molecule has 31 heavy (non-hydrogen) atoms. The Labute approximate surface area is 184 Å². The Morgan fingerprint density at radius 3 is 1.94 bits per heavy atom. The molecule has 0 radical (unpaired) electrons. The van der Waals surface area contributed by atoms with Crippen molar-refractivity contribution in [3.05, 3.63) is 96.1 Å². The molecule has 0 amide bonds. The van der Waals surface area contributed by atoms with Gasteiger partial charge in [-0.15, -0.1) is 0 Å². The standard InChI is InChI=1S/C26H30N2O3/c29-23(19-27-15-17-28(18-16-27)24-13-7-8-14-25(24)30)20-31-26(21-9-3-1-4-10-21)22-11-5-2-6-12-22/h1-14,23,26,29-30H,15-20H2/p+1/t23-/m0/s1. The molecule has 0 bridgehead atoms. The normalized spacial score (nSPS) is 15.9. The maximum absolute atomic E-state index is 10.7. The molecule has 3 aromatic carbocycles. The number of anilines is 1. The number of phenolic OH excluding ortho intramolecular Hbond substituents is 1. The van der Waals surface area contributed by atoms with Crippen molar-refractivity contribution in [2.45, 2.75) is 12.2 Å². The van der Waals surface area contributed by atoms with Gasteiger partial charge in [-0.05, 0) is 23.3 Å². The number of phenols is 1. The molecule has 0 unspecified atom stereocenters. The van der Waals surface area contributed by atoms with E-state index in [9.17, 15) is 10.2 Å². The average molecular weight is 420 g/mol. The van der Waals surface area contributed by atoms with E-state index in [2.05, 4.69) is 29.2 Å². The van der Waals surface area contributed by atoms with E-state index in [1.54, 1.807) is 6.07 Å². The van der Waals surface area contributed by atoms with E-state index >= 15 is 0 Å². The Hall–Kier alpha value is -2.86. The highest BCUT2D eigenvalue weighted by Gasteiger charge is 2.25. The molecule has 0 aromatic heterocycles. The number of nitrogens with zero attached hydrogens (tertiary/aromatic N) is 1. The minimum Gasteiger partial charge on any atom is -0.506 e. The molecule has 5 nitrogen and oxygen atoms in total. The largest absolute Gasteiger partial charge is 0.506 e.